The fourth-order valence-electron chi connectivity index (χ4n) is 11.7. The van der Waals surface area contributed by atoms with Gasteiger partial charge in [0.05, 0.1) is 68.0 Å². The molecule has 16 bridgehead atoms. The lowest BCUT2D eigenvalue weighted by atomic mass is 10.0. The second kappa shape index (κ2) is 21.7. The van der Waals surface area contributed by atoms with E-state index in [1.54, 1.807) is 0 Å². The molecule has 10 heterocycles. The van der Waals surface area contributed by atoms with Crippen molar-refractivity contribution in [1.29, 1.82) is 0 Å². The number of aromatic nitrogens is 8. The number of rotatable bonds is 13. The van der Waals surface area contributed by atoms with E-state index in [9.17, 15) is 0 Å². The predicted octanol–water partition coefficient (Wildman–Crippen LogP) is 18.4. The van der Waals surface area contributed by atoms with E-state index in [0.29, 0.717) is 0 Å². The lowest BCUT2D eigenvalue weighted by Crippen LogP contribution is -2.03. The van der Waals surface area contributed by atoms with Crippen molar-refractivity contribution in [2.45, 2.75) is 39.5 Å². The largest absolute Gasteiger partial charge is 0.382 e. The van der Waals surface area contributed by atoms with Gasteiger partial charge < -0.3 is 30.6 Å². The first-order valence-corrected chi connectivity index (χ1v) is 28.6. The summed E-state index contributed by atoms with van der Waals surface area (Å²) in [5.41, 5.74) is 25.7. The molecule has 4 aromatic carbocycles. The van der Waals surface area contributed by atoms with Gasteiger partial charge in [0, 0.05) is 79.6 Å². The van der Waals surface area contributed by atoms with Crippen LogP contribution in [0.5, 0.6) is 0 Å². The molecule has 6 N–H and O–H groups in total. The van der Waals surface area contributed by atoms with Crippen LogP contribution < -0.4 is 10.6 Å². The van der Waals surface area contributed by atoms with Crippen LogP contribution in [0, 0.1) is 0 Å². The van der Waals surface area contributed by atoms with Gasteiger partial charge in [-0.25, -0.2) is 19.9 Å². The van der Waals surface area contributed by atoms with Crippen molar-refractivity contribution in [3.63, 3.8) is 0 Å². The Kier molecular flexibility index (Phi) is 13.2. The van der Waals surface area contributed by atoms with Crippen LogP contribution in [-0.4, -0.2) is 53.0 Å². The van der Waals surface area contributed by atoms with Crippen molar-refractivity contribution >= 4 is 104 Å². The van der Waals surface area contributed by atoms with Crippen LogP contribution in [-0.2, 0) is 0 Å². The van der Waals surface area contributed by atoms with Crippen molar-refractivity contribution in [2.75, 3.05) is 23.7 Å². The van der Waals surface area contributed by atoms with Gasteiger partial charge in [-0.15, -0.1) is 0 Å². The molecule has 10 nitrogen and oxygen atoms in total. The monoisotopic (exact) mass is 1060 g/mol. The Labute approximate surface area is 475 Å². The van der Waals surface area contributed by atoms with Gasteiger partial charge in [0.1, 0.15) is 0 Å². The highest BCUT2D eigenvalue weighted by Crippen LogP contribution is 2.42. The summed E-state index contributed by atoms with van der Waals surface area (Å²) < 4.78 is 0. The molecule has 6 aromatic heterocycles. The third-order valence-electron chi connectivity index (χ3n) is 15.7. The number of benzene rings is 4. The SMILES string of the molecule is CCCCNc1c2nc(c(-c3ccccc3)c3ccc([nH]3)c(-c3c4nc(c(-c5ccccc5)c5ccc([nH]5)c(NCCCC)c5nc(c(-c6ccccc6)c6ccc3[nH]6)C=C5)C=C4)c3nc(c(-c4ccccc4)c4ccc1[nH]4)C=C3)C=C2. The molecule has 4 aliphatic heterocycles. The zero-order valence-electron chi connectivity index (χ0n) is 45.8. The van der Waals surface area contributed by atoms with Crippen molar-refractivity contribution < 1.29 is 0 Å². The van der Waals surface area contributed by atoms with Crippen molar-refractivity contribution in [3.05, 3.63) is 215 Å². The van der Waals surface area contributed by atoms with Crippen LogP contribution in [0.3, 0.4) is 0 Å². The topological polar surface area (TPSA) is 139 Å². The maximum absolute atomic E-state index is 5.74. The summed E-state index contributed by atoms with van der Waals surface area (Å²) in [6.07, 6.45) is 21.4. The van der Waals surface area contributed by atoms with Crippen molar-refractivity contribution in [1.82, 2.24) is 39.9 Å². The van der Waals surface area contributed by atoms with Gasteiger partial charge in [-0.1, -0.05) is 148 Å². The smallest absolute Gasteiger partial charge is 0.0890 e. The van der Waals surface area contributed by atoms with E-state index in [0.717, 1.165) is 195 Å². The maximum atomic E-state index is 5.74. The molecular weight excluding hydrogens is 1000 g/mol. The van der Waals surface area contributed by atoms with E-state index in [4.69, 9.17) is 19.9 Å². The number of nitrogens with one attached hydrogen (secondary N) is 6. The molecule has 10 heteroatoms. The number of fused-ring (bicyclic) bond motifs is 16. The number of H-pyrrole nitrogens is 4. The molecule has 82 heavy (non-hydrogen) atoms. The fraction of sp³-hybridized carbons (Fsp3) is 0.111. The highest BCUT2D eigenvalue weighted by Gasteiger charge is 2.24. The van der Waals surface area contributed by atoms with E-state index in [2.05, 4.69) is 263 Å². The summed E-state index contributed by atoms with van der Waals surface area (Å²) >= 11 is 0. The molecule has 0 fully saturated rings. The number of anilines is 2. The summed E-state index contributed by atoms with van der Waals surface area (Å²) in [6.45, 7) is 6.06. The van der Waals surface area contributed by atoms with E-state index in [1.807, 2.05) is 0 Å². The first-order chi connectivity index (χ1) is 40.6. The highest BCUT2D eigenvalue weighted by molar-refractivity contribution is 6.05. The first-order valence-electron chi connectivity index (χ1n) is 28.6. The summed E-state index contributed by atoms with van der Waals surface area (Å²) in [7, 11) is 0. The Morgan fingerprint density at radius 3 is 0.793 bits per heavy atom. The molecule has 4 aliphatic rings. The summed E-state index contributed by atoms with van der Waals surface area (Å²) in [6, 6.07) is 59.7. The number of hydrogen-bond acceptors (Lipinski definition) is 6. The van der Waals surface area contributed by atoms with Crippen LogP contribution in [0.4, 0.5) is 11.4 Å². The minimum atomic E-state index is 0.777. The lowest BCUT2D eigenvalue weighted by Gasteiger charge is -2.09. The summed E-state index contributed by atoms with van der Waals surface area (Å²) in [5.74, 6) is 0. The zero-order chi connectivity index (χ0) is 54.9. The van der Waals surface area contributed by atoms with Crippen LogP contribution in [0.15, 0.2) is 170 Å². The fourth-order valence-corrected chi connectivity index (χ4v) is 11.7. The van der Waals surface area contributed by atoms with Gasteiger partial charge in [0.15, 0.2) is 0 Å². The Bertz CT molecular complexity index is 4200. The zero-order valence-corrected chi connectivity index (χ0v) is 45.8. The molecule has 0 aliphatic carbocycles. The first kappa shape index (κ1) is 49.9. The van der Waals surface area contributed by atoms with E-state index < -0.39 is 0 Å². The molecule has 0 radical (unpaired) electrons. The van der Waals surface area contributed by atoms with Gasteiger partial charge >= 0.3 is 0 Å². The lowest BCUT2D eigenvalue weighted by molar-refractivity contribution is 0.834. The number of unbranched alkanes of at least 4 members (excludes halogenated alkanes) is 2. The van der Waals surface area contributed by atoms with Crippen molar-refractivity contribution in [2.24, 2.45) is 0 Å². The second-order valence-electron chi connectivity index (χ2n) is 21.0. The Balaban J connectivity index is 1.15. The molecular formula is C72H60N10. The Hall–Kier alpha value is -10.3. The molecule has 0 atom stereocenters. The Morgan fingerprint density at radius 1 is 0.268 bits per heavy atom. The number of nitrogens with zero attached hydrogens (tertiary/aromatic N) is 4. The normalized spacial score (nSPS) is 12.4. The van der Waals surface area contributed by atoms with Gasteiger partial charge in [-0.2, -0.15) is 0 Å². The Morgan fingerprint density at radius 2 is 0.500 bits per heavy atom. The van der Waals surface area contributed by atoms with Gasteiger partial charge in [0.2, 0.25) is 0 Å². The third kappa shape index (κ3) is 9.33. The number of aromatic amines is 4. The molecule has 0 saturated carbocycles. The predicted molar refractivity (Wildman–Crippen MR) is 345 cm³/mol. The maximum Gasteiger partial charge on any atom is 0.0890 e. The molecule has 0 saturated heterocycles. The summed E-state index contributed by atoms with van der Waals surface area (Å²) in [5, 5.41) is 7.59. The molecule has 398 valence electrons. The second-order valence-corrected chi connectivity index (χ2v) is 21.0. The number of hydrogen-bond donors (Lipinski definition) is 6. The van der Waals surface area contributed by atoms with Crippen molar-refractivity contribution in [3.8, 4) is 55.6 Å². The van der Waals surface area contributed by atoms with Crippen LogP contribution in [0.1, 0.15) is 85.1 Å². The average molecular weight is 1070 g/mol. The molecule has 0 spiro atoms. The van der Waals surface area contributed by atoms with E-state index >= 15 is 0 Å². The van der Waals surface area contributed by atoms with E-state index in [-0.39, 0.29) is 0 Å². The average Bonchev–Trinajstić information content (AvgIpc) is 4.52. The molecule has 0 amide bonds. The highest BCUT2D eigenvalue weighted by atomic mass is 14.9. The third-order valence-corrected chi connectivity index (χ3v) is 15.7. The molecule has 0 unspecified atom stereocenters. The molecule has 14 rings (SSSR count). The van der Waals surface area contributed by atoms with Gasteiger partial charge in [-0.05, 0) is 132 Å². The minimum Gasteiger partial charge on any atom is -0.382 e. The van der Waals surface area contributed by atoms with Crippen LogP contribution in [0.25, 0.3) is 148 Å². The van der Waals surface area contributed by atoms with E-state index in [1.165, 1.54) is 0 Å². The van der Waals surface area contributed by atoms with Crippen LogP contribution >= 0.6 is 0 Å². The summed E-state index contributed by atoms with van der Waals surface area (Å²) in [4.78, 5) is 38.2. The minimum absolute atomic E-state index is 0.777. The van der Waals surface area contributed by atoms with Crippen LogP contribution in [0.2, 0.25) is 0 Å². The van der Waals surface area contributed by atoms with Gasteiger partial charge in [-0.3, -0.25) is 0 Å². The molecule has 10 aromatic rings. The standard InChI is InChI=1S/C72H60N10/c1-3-5-43-73-71-61-39-35-53(79-61)65(45-19-11-7-12-20-45)49-27-31-57(75-49)69(58-32-28-50(76-58)66(46-21-13-8-14-22-46)54-36-40-62(71)80-54)70-59-33-29-51(77-59)67(47-23-15-9-16-24-47)55-37-41-63(81-55)72(74-44-6-4-2)64-42-38-56(82-64)68(48-25-17-10-18-26-48)52-30-34-60(70)78-52/h7-42,73-75,77,80,82H,3-6,43-44H2,1-2H3. The van der Waals surface area contributed by atoms with Gasteiger partial charge in [0.25, 0.3) is 0 Å². The quantitative estimate of drug-likeness (QED) is 0.0636.